The second-order valence-electron chi connectivity index (χ2n) is 7.18. The Kier molecular flexibility index (Phi) is 5.30. The Balaban J connectivity index is 1.56. The summed E-state index contributed by atoms with van der Waals surface area (Å²) in [6, 6.07) is 9.29. The first-order valence-electron chi connectivity index (χ1n) is 10.0. The van der Waals surface area contributed by atoms with E-state index in [2.05, 4.69) is 15.3 Å². The first kappa shape index (κ1) is 20.5. The summed E-state index contributed by atoms with van der Waals surface area (Å²) in [5, 5.41) is 3.38. The van der Waals surface area contributed by atoms with Gasteiger partial charge in [0.25, 0.3) is 0 Å². The summed E-state index contributed by atoms with van der Waals surface area (Å²) < 4.78 is 35.4. The topological polar surface area (TPSA) is 68.1 Å². The van der Waals surface area contributed by atoms with E-state index in [1.54, 1.807) is 41.0 Å². The molecule has 0 saturated carbocycles. The molecule has 0 fully saturated rings. The molecule has 32 heavy (non-hydrogen) atoms. The van der Waals surface area contributed by atoms with Gasteiger partial charge in [-0.2, -0.15) is 4.98 Å². The van der Waals surface area contributed by atoms with E-state index < -0.39 is 5.82 Å². The fourth-order valence-corrected chi connectivity index (χ4v) is 4.45. The number of thioether (sulfide) groups is 1. The van der Waals surface area contributed by atoms with E-state index in [9.17, 15) is 8.78 Å². The summed E-state index contributed by atoms with van der Waals surface area (Å²) in [5.41, 5.74) is 2.58. The maximum atomic E-state index is 14.4. The van der Waals surface area contributed by atoms with Crippen LogP contribution >= 0.6 is 11.8 Å². The minimum atomic E-state index is -0.396. The maximum absolute atomic E-state index is 14.4. The highest BCUT2D eigenvalue weighted by Crippen LogP contribution is 2.38. The fourth-order valence-electron chi connectivity index (χ4n) is 3.77. The number of aromatic nitrogens is 4. The van der Waals surface area contributed by atoms with Crippen molar-refractivity contribution in [3.8, 4) is 11.7 Å². The average Bonchev–Trinajstić information content (AvgIpc) is 3.36. The number of nitrogens with one attached hydrogen (secondary N) is 1. The number of hydrogen-bond acceptors (Lipinski definition) is 7. The third-order valence-electron chi connectivity index (χ3n) is 5.22. The van der Waals surface area contributed by atoms with E-state index >= 15 is 0 Å². The Morgan fingerprint density at radius 2 is 2.06 bits per heavy atom. The van der Waals surface area contributed by atoms with Gasteiger partial charge in [0.2, 0.25) is 5.95 Å². The Hall–Kier alpha value is -3.40. The van der Waals surface area contributed by atoms with Gasteiger partial charge in [-0.05, 0) is 31.4 Å². The van der Waals surface area contributed by atoms with Crippen LogP contribution in [0, 0.1) is 11.6 Å². The van der Waals surface area contributed by atoms with Gasteiger partial charge in [-0.25, -0.2) is 18.7 Å². The van der Waals surface area contributed by atoms with Gasteiger partial charge in [0.1, 0.15) is 17.6 Å². The molecular weight excluding hydrogens is 434 g/mol. The maximum Gasteiger partial charge on any atom is 0.237 e. The Morgan fingerprint density at radius 1 is 1.19 bits per heavy atom. The lowest BCUT2D eigenvalue weighted by Gasteiger charge is -2.25. The summed E-state index contributed by atoms with van der Waals surface area (Å²) in [6.07, 6.45) is 5.25. The normalized spacial score (nSPS) is 15.1. The van der Waals surface area contributed by atoms with Crippen molar-refractivity contribution in [2.24, 2.45) is 0 Å². The van der Waals surface area contributed by atoms with E-state index in [-0.39, 0.29) is 17.1 Å². The van der Waals surface area contributed by atoms with Crippen molar-refractivity contribution in [2.45, 2.75) is 19.0 Å². The predicted octanol–water partition coefficient (Wildman–Crippen LogP) is 4.57. The number of imidazole rings is 1. The summed E-state index contributed by atoms with van der Waals surface area (Å²) in [7, 11) is 0. The number of halogens is 2. The van der Waals surface area contributed by atoms with Gasteiger partial charge in [-0.15, -0.1) is 11.8 Å². The van der Waals surface area contributed by atoms with Gasteiger partial charge in [0.05, 0.1) is 36.1 Å². The smallest absolute Gasteiger partial charge is 0.237 e. The van der Waals surface area contributed by atoms with Crippen LogP contribution in [0.2, 0.25) is 0 Å². The van der Waals surface area contributed by atoms with E-state index in [0.29, 0.717) is 36.0 Å². The number of rotatable bonds is 6. The van der Waals surface area contributed by atoms with Gasteiger partial charge in [0.15, 0.2) is 17.4 Å². The molecule has 1 aliphatic heterocycles. The minimum Gasteiger partial charge on any atom is -0.490 e. The molecule has 0 bridgehead atoms. The number of ether oxygens (including phenoxy) is 1. The highest BCUT2D eigenvalue weighted by molar-refractivity contribution is 7.99. The second-order valence-corrected chi connectivity index (χ2v) is 8.09. The number of nitrogens with zero attached hydrogens (tertiary/aromatic N) is 5. The number of anilines is 2. The van der Waals surface area contributed by atoms with Gasteiger partial charge in [-0.1, -0.05) is 12.1 Å². The third kappa shape index (κ3) is 3.50. The summed E-state index contributed by atoms with van der Waals surface area (Å²) in [5.74, 6) is 0.524. The average molecular weight is 455 g/mol. The first-order valence-corrected chi connectivity index (χ1v) is 11.3. The summed E-state index contributed by atoms with van der Waals surface area (Å²) in [6.45, 7) is 2.57. The van der Waals surface area contributed by atoms with E-state index in [0.717, 1.165) is 11.3 Å². The second kappa shape index (κ2) is 8.27. The molecule has 1 atom stereocenters. The number of para-hydroxylation sites is 1. The molecule has 0 radical (unpaired) electrons. The standard InChI is InChI=1S/C22H20F2N6OS/c1-3-31-19-13(5-4-6-15(19)24)11-29-20-17(27-22(29)32-2)10-25-21(28-20)30-12-26-16-8-7-14(23)9-18(16)30/h4-10,12,22,27H,3,11H2,1-2H3. The van der Waals surface area contributed by atoms with Crippen LogP contribution < -0.4 is 15.0 Å². The zero-order chi connectivity index (χ0) is 22.2. The van der Waals surface area contributed by atoms with Crippen LogP contribution in [0.15, 0.2) is 48.9 Å². The zero-order valence-electron chi connectivity index (χ0n) is 17.4. The molecular formula is C22H20F2N6OS. The van der Waals surface area contributed by atoms with Crippen LogP contribution in [-0.4, -0.2) is 37.9 Å². The summed E-state index contributed by atoms with van der Waals surface area (Å²) in [4.78, 5) is 15.5. The molecule has 0 saturated heterocycles. The van der Waals surface area contributed by atoms with Crippen molar-refractivity contribution in [2.75, 3.05) is 23.1 Å². The van der Waals surface area contributed by atoms with Crippen molar-refractivity contribution in [1.82, 2.24) is 19.5 Å². The first-order chi connectivity index (χ1) is 15.6. The molecule has 1 unspecified atom stereocenters. The van der Waals surface area contributed by atoms with Crippen LogP contribution in [0.1, 0.15) is 12.5 Å². The lowest BCUT2D eigenvalue weighted by atomic mass is 10.2. The van der Waals surface area contributed by atoms with Gasteiger partial charge in [-0.3, -0.25) is 4.57 Å². The Morgan fingerprint density at radius 3 is 2.88 bits per heavy atom. The molecule has 5 rings (SSSR count). The van der Waals surface area contributed by atoms with Crippen molar-refractivity contribution in [3.63, 3.8) is 0 Å². The fraction of sp³-hybridized carbons (Fsp3) is 0.227. The van der Waals surface area contributed by atoms with Crippen LogP contribution in [-0.2, 0) is 6.54 Å². The molecule has 1 aliphatic rings. The van der Waals surface area contributed by atoms with Crippen LogP contribution in [0.5, 0.6) is 5.75 Å². The van der Waals surface area contributed by atoms with E-state index in [1.807, 2.05) is 24.1 Å². The Labute approximate surface area is 187 Å². The molecule has 7 nitrogen and oxygen atoms in total. The van der Waals surface area contributed by atoms with Crippen molar-refractivity contribution >= 4 is 34.3 Å². The van der Waals surface area contributed by atoms with Gasteiger partial charge < -0.3 is 15.0 Å². The van der Waals surface area contributed by atoms with E-state index in [4.69, 9.17) is 9.72 Å². The molecule has 0 amide bonds. The van der Waals surface area contributed by atoms with Gasteiger partial charge >= 0.3 is 0 Å². The third-order valence-corrected chi connectivity index (χ3v) is 6.03. The summed E-state index contributed by atoms with van der Waals surface area (Å²) >= 11 is 1.59. The Bertz CT molecular complexity index is 1300. The number of fused-ring (bicyclic) bond motifs is 2. The molecule has 2 aromatic carbocycles. The van der Waals surface area contributed by atoms with Gasteiger partial charge in [0, 0.05) is 11.6 Å². The number of benzene rings is 2. The molecule has 0 aliphatic carbocycles. The molecule has 2 aromatic heterocycles. The van der Waals surface area contributed by atoms with Crippen LogP contribution in [0.3, 0.4) is 0 Å². The number of hydrogen-bond donors (Lipinski definition) is 1. The van der Waals surface area contributed by atoms with E-state index in [1.165, 1.54) is 18.2 Å². The largest absolute Gasteiger partial charge is 0.490 e. The molecule has 0 spiro atoms. The van der Waals surface area contributed by atoms with Crippen LogP contribution in [0.25, 0.3) is 17.0 Å². The van der Waals surface area contributed by atoms with Crippen molar-refractivity contribution < 1.29 is 13.5 Å². The lowest BCUT2D eigenvalue weighted by Crippen LogP contribution is -2.32. The minimum absolute atomic E-state index is 0.121. The molecule has 4 aromatic rings. The van der Waals surface area contributed by atoms with Crippen LogP contribution in [0.4, 0.5) is 20.3 Å². The molecule has 3 heterocycles. The molecule has 10 heteroatoms. The quantitative estimate of drug-likeness (QED) is 0.458. The lowest BCUT2D eigenvalue weighted by molar-refractivity contribution is 0.317. The highest BCUT2D eigenvalue weighted by atomic mass is 32.2. The monoisotopic (exact) mass is 454 g/mol. The predicted molar refractivity (Wildman–Crippen MR) is 121 cm³/mol. The zero-order valence-corrected chi connectivity index (χ0v) is 18.2. The SMILES string of the molecule is CCOc1c(F)cccc1CN1c2nc(-n3cnc4ccc(F)cc43)ncc2NC1SC. The van der Waals surface area contributed by atoms with Crippen molar-refractivity contribution in [1.29, 1.82) is 0 Å². The molecule has 1 N–H and O–H groups in total. The highest BCUT2D eigenvalue weighted by Gasteiger charge is 2.31. The van der Waals surface area contributed by atoms with Crippen molar-refractivity contribution in [3.05, 3.63) is 66.1 Å². The molecule has 164 valence electrons.